The van der Waals surface area contributed by atoms with Gasteiger partial charge in [-0.1, -0.05) is 12.1 Å². The van der Waals surface area contributed by atoms with Crippen molar-refractivity contribution in [1.82, 2.24) is 5.23 Å². The molecule has 1 aliphatic rings. The molecule has 0 bridgehead atoms. The van der Waals surface area contributed by atoms with Crippen LogP contribution in [0.5, 0.6) is 11.5 Å². The second-order valence-corrected chi connectivity index (χ2v) is 3.13. The summed E-state index contributed by atoms with van der Waals surface area (Å²) in [5.41, 5.74) is 0. The monoisotopic (exact) mass is 225 g/mol. The third kappa shape index (κ3) is 2.62. The summed E-state index contributed by atoms with van der Waals surface area (Å²) in [7, 11) is 0. The van der Waals surface area contributed by atoms with E-state index in [2.05, 4.69) is 0 Å². The fourth-order valence-electron chi connectivity index (χ4n) is 1.23. The van der Waals surface area contributed by atoms with Crippen molar-refractivity contribution in [3.63, 3.8) is 0 Å². The zero-order chi connectivity index (χ0) is 11.4. The van der Waals surface area contributed by atoms with Crippen LogP contribution in [0.1, 0.15) is 0 Å². The lowest BCUT2D eigenvalue weighted by Crippen LogP contribution is -2.30. The second-order valence-electron chi connectivity index (χ2n) is 3.13. The van der Waals surface area contributed by atoms with Crippen LogP contribution in [0.2, 0.25) is 0 Å². The van der Waals surface area contributed by atoms with Gasteiger partial charge in [-0.2, -0.15) is 0 Å². The van der Waals surface area contributed by atoms with E-state index in [0.29, 0.717) is 18.0 Å². The number of para-hydroxylation sites is 2. The zero-order valence-electron chi connectivity index (χ0n) is 8.46. The molecule has 0 aliphatic carbocycles. The molecule has 0 fully saturated rings. The van der Waals surface area contributed by atoms with Gasteiger partial charge in [-0.05, 0) is 12.1 Å². The average Bonchev–Trinajstić information content (AvgIpc) is 2.66. The lowest BCUT2D eigenvalue weighted by Gasteiger charge is -2.11. The maximum Gasteiger partial charge on any atom is 0.329 e. The standard InChI is InChI=1S/C10H11NO5/c12-10(13)7-14-6-5-11-15-8-3-1-2-4-9(8)16-11/h1-4H,5-7H2,(H,12,13). The summed E-state index contributed by atoms with van der Waals surface area (Å²) >= 11 is 0. The number of aliphatic carboxylic acids is 1. The number of hydrogen-bond donors (Lipinski definition) is 1. The first-order valence-corrected chi connectivity index (χ1v) is 4.78. The number of nitrogens with zero attached hydrogens (tertiary/aromatic N) is 1. The van der Waals surface area contributed by atoms with E-state index in [1.807, 2.05) is 12.1 Å². The van der Waals surface area contributed by atoms with Crippen molar-refractivity contribution in [1.29, 1.82) is 0 Å². The number of hydroxylamine groups is 2. The summed E-state index contributed by atoms with van der Waals surface area (Å²) in [5.74, 6) is 0.285. The predicted octanol–water partition coefficient (Wildman–Crippen LogP) is 0.691. The van der Waals surface area contributed by atoms with Crippen LogP contribution in [-0.2, 0) is 9.53 Å². The van der Waals surface area contributed by atoms with E-state index in [0.717, 1.165) is 0 Å². The Balaban J connectivity index is 1.73. The van der Waals surface area contributed by atoms with Crippen LogP contribution in [0.4, 0.5) is 0 Å². The van der Waals surface area contributed by atoms with Crippen LogP contribution in [-0.4, -0.2) is 36.1 Å². The first-order chi connectivity index (χ1) is 7.75. The van der Waals surface area contributed by atoms with Gasteiger partial charge in [0.15, 0.2) is 11.5 Å². The molecule has 0 unspecified atom stereocenters. The van der Waals surface area contributed by atoms with Gasteiger partial charge >= 0.3 is 5.97 Å². The SMILES string of the molecule is O=C(O)COCCN1Oc2ccccc2O1. The summed E-state index contributed by atoms with van der Waals surface area (Å²) in [4.78, 5) is 20.8. The second kappa shape index (κ2) is 4.82. The van der Waals surface area contributed by atoms with Crippen molar-refractivity contribution in [2.75, 3.05) is 19.8 Å². The van der Waals surface area contributed by atoms with Gasteiger partial charge in [0.2, 0.25) is 0 Å². The molecule has 1 heterocycles. The largest absolute Gasteiger partial charge is 0.480 e. The van der Waals surface area contributed by atoms with Crippen LogP contribution < -0.4 is 9.68 Å². The van der Waals surface area contributed by atoms with Gasteiger partial charge in [0, 0.05) is 5.23 Å². The summed E-state index contributed by atoms with van der Waals surface area (Å²) in [6.45, 7) is 0.239. The molecular formula is C10H11NO5. The van der Waals surface area contributed by atoms with Gasteiger partial charge in [-0.3, -0.25) is 0 Å². The number of carbonyl (C=O) groups is 1. The number of hydrogen-bond acceptors (Lipinski definition) is 5. The van der Waals surface area contributed by atoms with E-state index < -0.39 is 5.97 Å². The van der Waals surface area contributed by atoms with Crippen molar-refractivity contribution in [2.45, 2.75) is 0 Å². The molecule has 1 aliphatic heterocycles. The molecule has 6 nitrogen and oxygen atoms in total. The molecule has 16 heavy (non-hydrogen) atoms. The van der Waals surface area contributed by atoms with Crippen LogP contribution in [0, 0.1) is 0 Å². The maximum atomic E-state index is 10.2. The summed E-state index contributed by atoms with van der Waals surface area (Å²) in [6, 6.07) is 7.25. The van der Waals surface area contributed by atoms with Gasteiger partial charge in [0.25, 0.3) is 0 Å². The van der Waals surface area contributed by atoms with E-state index in [-0.39, 0.29) is 13.2 Å². The minimum Gasteiger partial charge on any atom is -0.480 e. The molecule has 0 radical (unpaired) electrons. The normalized spacial score (nSPS) is 14.0. The Morgan fingerprint density at radius 2 is 1.94 bits per heavy atom. The quantitative estimate of drug-likeness (QED) is 0.743. The molecule has 2 rings (SSSR count). The number of benzene rings is 1. The van der Waals surface area contributed by atoms with E-state index >= 15 is 0 Å². The summed E-state index contributed by atoms with van der Waals surface area (Å²) in [6.07, 6.45) is 0. The molecule has 0 spiro atoms. The first-order valence-electron chi connectivity index (χ1n) is 4.78. The molecule has 0 saturated carbocycles. The predicted molar refractivity (Wildman–Crippen MR) is 52.9 cm³/mol. The topological polar surface area (TPSA) is 68.2 Å². The Morgan fingerprint density at radius 3 is 2.50 bits per heavy atom. The molecule has 0 atom stereocenters. The molecule has 0 aromatic heterocycles. The van der Waals surface area contributed by atoms with Crippen molar-refractivity contribution < 1.29 is 24.3 Å². The fourth-order valence-corrected chi connectivity index (χ4v) is 1.23. The minimum atomic E-state index is -0.994. The molecular weight excluding hydrogens is 214 g/mol. The van der Waals surface area contributed by atoms with Gasteiger partial charge < -0.3 is 19.5 Å². The zero-order valence-corrected chi connectivity index (χ0v) is 8.46. The number of ether oxygens (including phenoxy) is 1. The molecule has 6 heteroatoms. The van der Waals surface area contributed by atoms with E-state index in [1.54, 1.807) is 12.1 Å². The van der Waals surface area contributed by atoms with Gasteiger partial charge in [-0.15, -0.1) is 0 Å². The van der Waals surface area contributed by atoms with Crippen LogP contribution in [0.25, 0.3) is 0 Å². The summed E-state index contributed by atoms with van der Waals surface area (Å²) < 4.78 is 4.85. The first kappa shape index (κ1) is 10.7. The van der Waals surface area contributed by atoms with Crippen LogP contribution in [0.3, 0.4) is 0 Å². The molecule has 0 amide bonds. The number of fused-ring (bicyclic) bond motifs is 1. The van der Waals surface area contributed by atoms with Crippen molar-refractivity contribution in [3.05, 3.63) is 24.3 Å². The Bertz CT molecular complexity index is 356. The Kier molecular flexibility index (Phi) is 3.23. The van der Waals surface area contributed by atoms with Crippen LogP contribution in [0.15, 0.2) is 24.3 Å². The van der Waals surface area contributed by atoms with Crippen LogP contribution >= 0.6 is 0 Å². The minimum absolute atomic E-state index is 0.223. The van der Waals surface area contributed by atoms with Gasteiger partial charge in [0.05, 0.1) is 13.2 Å². The highest BCUT2D eigenvalue weighted by atomic mass is 17.0. The Morgan fingerprint density at radius 1 is 1.31 bits per heavy atom. The maximum absolute atomic E-state index is 10.2. The number of rotatable bonds is 5. The Labute approximate surface area is 91.8 Å². The van der Waals surface area contributed by atoms with Crippen molar-refractivity contribution in [3.8, 4) is 11.5 Å². The van der Waals surface area contributed by atoms with Gasteiger partial charge in [-0.25, -0.2) is 4.79 Å². The Hall–Kier alpha value is -1.79. The third-order valence-electron chi connectivity index (χ3n) is 1.89. The highest BCUT2D eigenvalue weighted by Crippen LogP contribution is 2.32. The lowest BCUT2D eigenvalue weighted by atomic mass is 10.3. The molecule has 1 N–H and O–H groups in total. The van der Waals surface area contributed by atoms with Crippen molar-refractivity contribution in [2.24, 2.45) is 0 Å². The van der Waals surface area contributed by atoms with Crippen molar-refractivity contribution >= 4 is 5.97 Å². The fraction of sp³-hybridized carbons (Fsp3) is 0.300. The van der Waals surface area contributed by atoms with E-state index in [9.17, 15) is 4.79 Å². The third-order valence-corrected chi connectivity index (χ3v) is 1.89. The smallest absolute Gasteiger partial charge is 0.329 e. The molecule has 0 saturated heterocycles. The highest BCUT2D eigenvalue weighted by molar-refractivity contribution is 5.67. The van der Waals surface area contributed by atoms with Gasteiger partial charge in [0.1, 0.15) is 6.61 Å². The number of carboxylic acids is 1. The lowest BCUT2D eigenvalue weighted by molar-refractivity contribution is -0.231. The molecule has 1 aromatic carbocycles. The molecule has 1 aromatic rings. The molecule has 86 valence electrons. The average molecular weight is 225 g/mol. The van der Waals surface area contributed by atoms with E-state index in [4.69, 9.17) is 19.5 Å². The number of carboxylic acid groups (broad SMARTS) is 1. The van der Waals surface area contributed by atoms with E-state index in [1.165, 1.54) is 5.23 Å². The summed E-state index contributed by atoms with van der Waals surface area (Å²) in [5, 5.41) is 9.60. The highest BCUT2D eigenvalue weighted by Gasteiger charge is 2.21.